The Morgan fingerprint density at radius 1 is 1.05 bits per heavy atom. The number of carboxylic acid groups (broad SMARTS) is 1. The fraction of sp³-hybridized carbons (Fsp3) is 0.200. The predicted molar refractivity (Wildman–Crippen MR) is 142 cm³/mol. The van der Waals surface area contributed by atoms with Gasteiger partial charge in [0.1, 0.15) is 11.9 Å². The third kappa shape index (κ3) is 5.50. The molecule has 37 heavy (non-hydrogen) atoms. The number of aromatic carboxylic acids is 1. The Morgan fingerprint density at radius 2 is 1.89 bits per heavy atom. The smallest absolute Gasteiger partial charge is 0.336 e. The Morgan fingerprint density at radius 3 is 2.68 bits per heavy atom. The lowest BCUT2D eigenvalue weighted by molar-refractivity contribution is -0.114. The van der Waals surface area contributed by atoms with Gasteiger partial charge in [-0.25, -0.2) is 4.79 Å². The minimum atomic E-state index is -1.02. The van der Waals surface area contributed by atoms with Crippen molar-refractivity contribution >= 4 is 28.5 Å². The van der Waals surface area contributed by atoms with Crippen LogP contribution < -0.4 is 10.1 Å². The molecular weight excluding hydrogens is 468 g/mol. The molecule has 4 aromatic rings. The highest BCUT2D eigenvalue weighted by molar-refractivity contribution is 5.99. The van der Waals surface area contributed by atoms with E-state index in [9.17, 15) is 14.7 Å². The van der Waals surface area contributed by atoms with Crippen LogP contribution in [0.1, 0.15) is 41.3 Å². The van der Waals surface area contributed by atoms with Gasteiger partial charge in [0.15, 0.2) is 0 Å². The SMILES string of the molecule is CC(=O)Nc1cc(C#Cc2cccc(C(=O)O)c2-c2ccc3cc[nH]c3c2)ccc1OC1CCOCC1. The van der Waals surface area contributed by atoms with Crippen molar-refractivity contribution < 1.29 is 24.2 Å². The Hall–Kier alpha value is -4.54. The maximum Gasteiger partial charge on any atom is 0.336 e. The standard InChI is InChI=1S/C30H26N2O5/c1-19(33)32-27-17-20(6-10-28(27)37-24-12-15-36-16-13-24)5-7-22-3-2-4-25(30(34)35)29(22)23-9-8-21-11-14-31-26(21)18-23/h2-4,6,8-11,14,17-18,24,31H,12-13,15-16H2,1H3,(H,32,33)(H,34,35). The minimum Gasteiger partial charge on any atom is -0.488 e. The summed E-state index contributed by atoms with van der Waals surface area (Å²) in [5.41, 5.74) is 4.21. The van der Waals surface area contributed by atoms with Gasteiger partial charge in [0.25, 0.3) is 0 Å². The molecule has 7 heteroatoms. The van der Waals surface area contributed by atoms with E-state index in [1.165, 1.54) is 6.92 Å². The fourth-order valence-corrected chi connectivity index (χ4v) is 4.46. The van der Waals surface area contributed by atoms with Gasteiger partial charge < -0.3 is 24.9 Å². The van der Waals surface area contributed by atoms with Crippen LogP contribution in [0.15, 0.2) is 66.9 Å². The number of rotatable bonds is 5. The van der Waals surface area contributed by atoms with Crippen LogP contribution in [0.2, 0.25) is 0 Å². The molecule has 1 aromatic heterocycles. The largest absolute Gasteiger partial charge is 0.488 e. The van der Waals surface area contributed by atoms with Gasteiger partial charge in [-0.2, -0.15) is 0 Å². The van der Waals surface area contributed by atoms with Crippen LogP contribution in [0.5, 0.6) is 5.75 Å². The second kappa shape index (κ2) is 10.6. The summed E-state index contributed by atoms with van der Waals surface area (Å²) < 4.78 is 11.5. The van der Waals surface area contributed by atoms with Crippen LogP contribution in [-0.2, 0) is 9.53 Å². The maximum atomic E-state index is 12.1. The normalized spacial score (nSPS) is 13.5. The fourth-order valence-electron chi connectivity index (χ4n) is 4.46. The predicted octanol–water partition coefficient (Wildman–Crippen LogP) is 5.45. The number of aromatic amines is 1. The number of carbonyl (C=O) groups is 2. The Balaban J connectivity index is 1.52. The van der Waals surface area contributed by atoms with E-state index in [-0.39, 0.29) is 17.6 Å². The number of anilines is 1. The van der Waals surface area contributed by atoms with Crippen LogP contribution in [0.3, 0.4) is 0 Å². The molecule has 1 amide bonds. The molecule has 3 aromatic carbocycles. The topological polar surface area (TPSA) is 101 Å². The molecule has 0 aliphatic carbocycles. The summed E-state index contributed by atoms with van der Waals surface area (Å²) in [6, 6.07) is 18.2. The first-order valence-corrected chi connectivity index (χ1v) is 12.1. The Bertz CT molecular complexity index is 1540. The average Bonchev–Trinajstić information content (AvgIpc) is 3.37. The number of amides is 1. The zero-order valence-corrected chi connectivity index (χ0v) is 20.3. The van der Waals surface area contributed by atoms with Crippen molar-refractivity contribution in [3.05, 3.63) is 83.6 Å². The first-order valence-electron chi connectivity index (χ1n) is 12.1. The number of H-pyrrole nitrogens is 1. The first kappa shape index (κ1) is 24.2. The molecule has 0 atom stereocenters. The zero-order valence-electron chi connectivity index (χ0n) is 20.3. The van der Waals surface area contributed by atoms with Gasteiger partial charge in [-0.1, -0.05) is 30.0 Å². The van der Waals surface area contributed by atoms with E-state index in [0.717, 1.165) is 29.3 Å². The van der Waals surface area contributed by atoms with Crippen LogP contribution >= 0.6 is 0 Å². The Kier molecular flexibility index (Phi) is 6.93. The molecule has 2 heterocycles. The molecule has 0 saturated carbocycles. The van der Waals surface area contributed by atoms with Crippen LogP contribution in [-0.4, -0.2) is 41.3 Å². The number of ether oxygens (including phenoxy) is 2. The lowest BCUT2D eigenvalue weighted by Gasteiger charge is -2.24. The molecule has 1 fully saturated rings. The second-order valence-electron chi connectivity index (χ2n) is 8.88. The highest BCUT2D eigenvalue weighted by Crippen LogP contribution is 2.31. The number of nitrogens with one attached hydrogen (secondary N) is 2. The third-order valence-corrected chi connectivity index (χ3v) is 6.23. The zero-order chi connectivity index (χ0) is 25.8. The van der Waals surface area contributed by atoms with Gasteiger partial charge >= 0.3 is 5.97 Å². The number of benzene rings is 3. The molecule has 0 bridgehead atoms. The number of fused-ring (bicyclic) bond motifs is 1. The summed E-state index contributed by atoms with van der Waals surface area (Å²) in [6.45, 7) is 2.75. The van der Waals surface area contributed by atoms with Crippen molar-refractivity contribution in [2.45, 2.75) is 25.9 Å². The lowest BCUT2D eigenvalue weighted by Crippen LogP contribution is -2.26. The summed E-state index contributed by atoms with van der Waals surface area (Å²) in [5.74, 6) is 5.64. The Labute approximate surface area is 214 Å². The summed E-state index contributed by atoms with van der Waals surface area (Å²) in [6.07, 6.45) is 3.45. The van der Waals surface area contributed by atoms with E-state index in [4.69, 9.17) is 9.47 Å². The highest BCUT2D eigenvalue weighted by Gasteiger charge is 2.18. The van der Waals surface area contributed by atoms with E-state index in [0.29, 0.717) is 41.3 Å². The average molecular weight is 495 g/mol. The van der Waals surface area contributed by atoms with Gasteiger partial charge in [0.2, 0.25) is 5.91 Å². The van der Waals surface area contributed by atoms with Crippen molar-refractivity contribution in [1.82, 2.24) is 4.98 Å². The van der Waals surface area contributed by atoms with Gasteiger partial charge in [-0.3, -0.25) is 4.79 Å². The van der Waals surface area contributed by atoms with Gasteiger partial charge in [-0.05, 0) is 53.4 Å². The number of carboxylic acids is 1. The lowest BCUT2D eigenvalue weighted by atomic mass is 9.93. The van der Waals surface area contributed by atoms with Crippen molar-refractivity contribution in [2.24, 2.45) is 0 Å². The summed E-state index contributed by atoms with van der Waals surface area (Å²) in [4.78, 5) is 27.1. The maximum absolute atomic E-state index is 12.1. The number of aromatic nitrogens is 1. The van der Waals surface area contributed by atoms with E-state index in [1.807, 2.05) is 42.6 Å². The van der Waals surface area contributed by atoms with Crippen LogP contribution in [0.25, 0.3) is 22.0 Å². The van der Waals surface area contributed by atoms with E-state index < -0.39 is 5.97 Å². The number of hydrogen-bond acceptors (Lipinski definition) is 4. The second-order valence-corrected chi connectivity index (χ2v) is 8.88. The molecule has 0 spiro atoms. The quantitative estimate of drug-likeness (QED) is 0.321. The van der Waals surface area contributed by atoms with E-state index >= 15 is 0 Å². The van der Waals surface area contributed by atoms with Crippen molar-refractivity contribution in [2.75, 3.05) is 18.5 Å². The molecule has 1 aliphatic rings. The van der Waals surface area contributed by atoms with Gasteiger partial charge in [0, 0.05) is 48.2 Å². The van der Waals surface area contributed by atoms with Crippen LogP contribution in [0, 0.1) is 11.8 Å². The highest BCUT2D eigenvalue weighted by atomic mass is 16.5. The molecule has 1 saturated heterocycles. The van der Waals surface area contributed by atoms with Crippen molar-refractivity contribution in [3.8, 4) is 28.7 Å². The molecule has 0 radical (unpaired) electrons. The molecule has 0 unspecified atom stereocenters. The summed E-state index contributed by atoms with van der Waals surface area (Å²) in [7, 11) is 0. The number of hydrogen-bond donors (Lipinski definition) is 3. The molecule has 186 valence electrons. The van der Waals surface area contributed by atoms with E-state index in [2.05, 4.69) is 22.1 Å². The molecule has 1 aliphatic heterocycles. The van der Waals surface area contributed by atoms with Crippen molar-refractivity contribution in [1.29, 1.82) is 0 Å². The summed E-state index contributed by atoms with van der Waals surface area (Å²) >= 11 is 0. The number of carbonyl (C=O) groups excluding carboxylic acids is 1. The molecule has 5 rings (SSSR count). The molecule has 7 nitrogen and oxygen atoms in total. The van der Waals surface area contributed by atoms with Gasteiger partial charge in [0.05, 0.1) is 24.5 Å². The van der Waals surface area contributed by atoms with Crippen LogP contribution in [0.4, 0.5) is 5.69 Å². The first-order chi connectivity index (χ1) is 18.0. The van der Waals surface area contributed by atoms with Crippen molar-refractivity contribution in [3.63, 3.8) is 0 Å². The van der Waals surface area contributed by atoms with E-state index in [1.54, 1.807) is 24.3 Å². The molecule has 3 N–H and O–H groups in total. The van der Waals surface area contributed by atoms with Gasteiger partial charge in [-0.15, -0.1) is 0 Å². The molecular formula is C30H26N2O5. The monoisotopic (exact) mass is 494 g/mol. The minimum absolute atomic E-state index is 0.0246. The third-order valence-electron chi connectivity index (χ3n) is 6.23. The summed E-state index contributed by atoms with van der Waals surface area (Å²) in [5, 5.41) is 13.8.